The van der Waals surface area contributed by atoms with Gasteiger partial charge in [-0.25, -0.2) is 4.39 Å². The Labute approximate surface area is 114 Å². The van der Waals surface area contributed by atoms with Crippen molar-refractivity contribution in [3.63, 3.8) is 0 Å². The summed E-state index contributed by atoms with van der Waals surface area (Å²) in [6.45, 7) is 4.65. The van der Waals surface area contributed by atoms with Gasteiger partial charge in [0.1, 0.15) is 0 Å². The van der Waals surface area contributed by atoms with Crippen LogP contribution in [0.2, 0.25) is 0 Å². The molecule has 0 atom stereocenters. The third-order valence-corrected chi connectivity index (χ3v) is 3.48. The second-order valence-corrected chi connectivity index (χ2v) is 5.01. The number of rotatable bonds is 7. The molecule has 1 aliphatic rings. The second-order valence-electron chi connectivity index (χ2n) is 5.01. The maximum Gasteiger partial charge on any atom is 0.165 e. The number of para-hydroxylation sites is 1. The van der Waals surface area contributed by atoms with E-state index in [1.807, 2.05) is 13.1 Å². The number of nitrogens with one attached hydrogen (secondary N) is 1. The molecule has 1 saturated heterocycles. The molecule has 4 heteroatoms. The molecule has 1 aliphatic heterocycles. The van der Waals surface area contributed by atoms with E-state index >= 15 is 0 Å². The van der Waals surface area contributed by atoms with E-state index in [-0.39, 0.29) is 5.82 Å². The summed E-state index contributed by atoms with van der Waals surface area (Å²) in [5.41, 5.74) is 0.878. The van der Waals surface area contributed by atoms with Crippen LogP contribution in [0.4, 0.5) is 4.39 Å². The van der Waals surface area contributed by atoms with Gasteiger partial charge in [-0.2, -0.15) is 0 Å². The van der Waals surface area contributed by atoms with Crippen LogP contribution >= 0.6 is 0 Å². The van der Waals surface area contributed by atoms with E-state index in [0.29, 0.717) is 18.9 Å². The van der Waals surface area contributed by atoms with Crippen molar-refractivity contribution in [2.45, 2.75) is 25.8 Å². The molecule has 0 aromatic heterocycles. The van der Waals surface area contributed by atoms with E-state index in [4.69, 9.17) is 4.74 Å². The minimum absolute atomic E-state index is 0.270. The number of hydrogen-bond donors (Lipinski definition) is 1. The van der Waals surface area contributed by atoms with Crippen LogP contribution in [0.5, 0.6) is 5.75 Å². The molecular weight excluding hydrogens is 243 g/mol. The largest absolute Gasteiger partial charge is 0.490 e. The minimum Gasteiger partial charge on any atom is -0.490 e. The normalized spacial score (nSPS) is 15.9. The van der Waals surface area contributed by atoms with Crippen LogP contribution in [0.1, 0.15) is 24.8 Å². The second kappa shape index (κ2) is 7.46. The monoisotopic (exact) mass is 266 g/mol. The first-order chi connectivity index (χ1) is 9.31. The third-order valence-electron chi connectivity index (χ3n) is 3.48. The van der Waals surface area contributed by atoms with Crippen molar-refractivity contribution >= 4 is 0 Å². The van der Waals surface area contributed by atoms with Gasteiger partial charge in [-0.1, -0.05) is 12.1 Å². The molecule has 0 unspecified atom stereocenters. The number of nitrogens with zero attached hydrogens (tertiary/aromatic N) is 1. The maximum absolute atomic E-state index is 13.7. The van der Waals surface area contributed by atoms with Gasteiger partial charge in [-0.05, 0) is 45.5 Å². The van der Waals surface area contributed by atoms with E-state index in [1.165, 1.54) is 32.0 Å². The predicted molar refractivity (Wildman–Crippen MR) is 74.9 cm³/mol. The Balaban J connectivity index is 1.80. The quantitative estimate of drug-likeness (QED) is 0.767. The zero-order valence-electron chi connectivity index (χ0n) is 11.6. The highest BCUT2D eigenvalue weighted by molar-refractivity contribution is 5.34. The van der Waals surface area contributed by atoms with Crippen molar-refractivity contribution in [1.29, 1.82) is 0 Å². The molecular formula is C15H23FN2O. The van der Waals surface area contributed by atoms with E-state index in [2.05, 4.69) is 10.2 Å². The van der Waals surface area contributed by atoms with E-state index in [9.17, 15) is 4.39 Å². The maximum atomic E-state index is 13.7. The number of ether oxygens (including phenoxy) is 1. The van der Waals surface area contributed by atoms with Gasteiger partial charge in [0.15, 0.2) is 11.6 Å². The zero-order chi connectivity index (χ0) is 13.5. The number of halogens is 1. The van der Waals surface area contributed by atoms with Gasteiger partial charge >= 0.3 is 0 Å². The molecule has 2 rings (SSSR count). The van der Waals surface area contributed by atoms with Gasteiger partial charge in [-0.15, -0.1) is 0 Å². The topological polar surface area (TPSA) is 24.5 Å². The molecule has 1 aromatic carbocycles. The van der Waals surface area contributed by atoms with Crippen LogP contribution in [-0.4, -0.2) is 38.2 Å². The lowest BCUT2D eigenvalue weighted by Crippen LogP contribution is -2.22. The SMILES string of the molecule is CNCc1cccc(F)c1OCCCN1CCCC1. The first-order valence-electron chi connectivity index (χ1n) is 7.08. The summed E-state index contributed by atoms with van der Waals surface area (Å²) in [6, 6.07) is 5.07. The molecule has 0 radical (unpaired) electrons. The van der Waals surface area contributed by atoms with Gasteiger partial charge < -0.3 is 15.0 Å². The highest BCUT2D eigenvalue weighted by Gasteiger charge is 2.12. The molecule has 106 valence electrons. The molecule has 0 aliphatic carbocycles. The van der Waals surface area contributed by atoms with E-state index < -0.39 is 0 Å². The molecule has 0 amide bonds. The van der Waals surface area contributed by atoms with Gasteiger partial charge in [0.2, 0.25) is 0 Å². The summed E-state index contributed by atoms with van der Waals surface area (Å²) >= 11 is 0. The lowest BCUT2D eigenvalue weighted by Gasteiger charge is -2.16. The summed E-state index contributed by atoms with van der Waals surface area (Å²) in [5, 5.41) is 3.03. The smallest absolute Gasteiger partial charge is 0.165 e. The van der Waals surface area contributed by atoms with E-state index in [1.54, 1.807) is 6.07 Å². The van der Waals surface area contributed by atoms with Crippen molar-refractivity contribution < 1.29 is 9.13 Å². The summed E-state index contributed by atoms with van der Waals surface area (Å²) in [4.78, 5) is 2.44. The van der Waals surface area contributed by atoms with E-state index in [0.717, 1.165) is 18.5 Å². The van der Waals surface area contributed by atoms with Crippen molar-refractivity contribution in [1.82, 2.24) is 10.2 Å². The van der Waals surface area contributed by atoms with Crippen LogP contribution in [0.25, 0.3) is 0 Å². The number of hydrogen-bond acceptors (Lipinski definition) is 3. The molecule has 0 spiro atoms. The minimum atomic E-state index is -0.270. The predicted octanol–water partition coefficient (Wildman–Crippen LogP) is 2.41. The van der Waals surface area contributed by atoms with Crippen LogP contribution < -0.4 is 10.1 Å². The third kappa shape index (κ3) is 4.18. The highest BCUT2D eigenvalue weighted by Crippen LogP contribution is 2.22. The highest BCUT2D eigenvalue weighted by atomic mass is 19.1. The number of likely N-dealkylation sites (tertiary alicyclic amines) is 1. The average molecular weight is 266 g/mol. The molecule has 3 nitrogen and oxygen atoms in total. The lowest BCUT2D eigenvalue weighted by molar-refractivity contribution is 0.253. The Morgan fingerprint density at radius 2 is 2.11 bits per heavy atom. The van der Waals surface area contributed by atoms with Crippen molar-refractivity contribution in [3.05, 3.63) is 29.6 Å². The van der Waals surface area contributed by atoms with Crippen LogP contribution in [-0.2, 0) is 6.54 Å². The Morgan fingerprint density at radius 3 is 2.84 bits per heavy atom. The number of benzene rings is 1. The molecule has 0 bridgehead atoms. The molecule has 1 fully saturated rings. The van der Waals surface area contributed by atoms with Gasteiger partial charge in [0.05, 0.1) is 6.61 Å². The average Bonchev–Trinajstić information content (AvgIpc) is 2.90. The van der Waals surface area contributed by atoms with Gasteiger partial charge in [-0.3, -0.25) is 0 Å². The summed E-state index contributed by atoms with van der Waals surface area (Å²) in [7, 11) is 1.85. The summed E-state index contributed by atoms with van der Waals surface area (Å²) < 4.78 is 19.4. The van der Waals surface area contributed by atoms with Gasteiger partial charge in [0, 0.05) is 18.7 Å². The first-order valence-corrected chi connectivity index (χ1v) is 7.08. The fourth-order valence-corrected chi connectivity index (χ4v) is 2.51. The Morgan fingerprint density at radius 1 is 1.32 bits per heavy atom. The molecule has 1 N–H and O–H groups in total. The van der Waals surface area contributed by atoms with Crippen LogP contribution in [0, 0.1) is 5.82 Å². The van der Waals surface area contributed by atoms with Crippen LogP contribution in [0.15, 0.2) is 18.2 Å². The molecule has 0 saturated carbocycles. The molecule has 19 heavy (non-hydrogen) atoms. The first kappa shape index (κ1) is 14.3. The van der Waals surface area contributed by atoms with Crippen molar-refractivity contribution in [3.8, 4) is 5.75 Å². The lowest BCUT2D eigenvalue weighted by atomic mass is 10.2. The standard InChI is InChI=1S/C15H23FN2O/c1-17-12-13-6-4-7-14(16)15(13)19-11-5-10-18-8-2-3-9-18/h4,6-7,17H,2-3,5,8-12H2,1H3. The van der Waals surface area contributed by atoms with Gasteiger partial charge in [0.25, 0.3) is 0 Å². The fourth-order valence-electron chi connectivity index (χ4n) is 2.51. The van der Waals surface area contributed by atoms with Crippen molar-refractivity contribution in [2.75, 3.05) is 33.3 Å². The molecule has 1 heterocycles. The molecule has 1 aromatic rings. The Hall–Kier alpha value is -1.13. The van der Waals surface area contributed by atoms with Crippen LogP contribution in [0.3, 0.4) is 0 Å². The Kier molecular flexibility index (Phi) is 5.61. The summed E-state index contributed by atoms with van der Waals surface area (Å²) in [5.74, 6) is 0.132. The summed E-state index contributed by atoms with van der Waals surface area (Å²) in [6.07, 6.45) is 3.56. The zero-order valence-corrected chi connectivity index (χ0v) is 11.6. The Bertz CT molecular complexity index is 392. The fraction of sp³-hybridized carbons (Fsp3) is 0.600. The van der Waals surface area contributed by atoms with Crippen molar-refractivity contribution in [2.24, 2.45) is 0 Å².